The summed E-state index contributed by atoms with van der Waals surface area (Å²) >= 11 is 0. The molecule has 4 aromatic rings. The summed E-state index contributed by atoms with van der Waals surface area (Å²) in [4.78, 5) is 66.9. The van der Waals surface area contributed by atoms with Gasteiger partial charge in [0.1, 0.15) is 6.61 Å². The number of esters is 1. The van der Waals surface area contributed by atoms with Crippen LogP contribution in [0.25, 0.3) is 22.3 Å². The molecule has 1 aromatic carbocycles. The number of hydroxylamine groups is 1. The fourth-order valence-corrected chi connectivity index (χ4v) is 6.06. The monoisotopic (exact) mass is 628 g/mol. The van der Waals surface area contributed by atoms with Gasteiger partial charge in [-0.15, -0.1) is 0 Å². The molecule has 6 heterocycles. The predicted molar refractivity (Wildman–Crippen MR) is 160 cm³/mol. The van der Waals surface area contributed by atoms with Gasteiger partial charge in [-0.25, -0.2) is 30.0 Å². The van der Waals surface area contributed by atoms with Gasteiger partial charge in [-0.05, 0) is 30.7 Å². The summed E-state index contributed by atoms with van der Waals surface area (Å²) in [5.74, 6) is -0.960. The van der Waals surface area contributed by atoms with Crippen molar-refractivity contribution in [1.29, 1.82) is 0 Å². The third kappa shape index (κ3) is 4.49. The molecule has 16 heteroatoms. The number of aliphatic hydroxyl groups is 1. The number of fused-ring (bicyclic) bond motifs is 5. The Hall–Kier alpha value is -5.61. The Morgan fingerprint density at radius 2 is 1.87 bits per heavy atom. The van der Waals surface area contributed by atoms with E-state index in [-0.39, 0.29) is 53.3 Å². The average molecular weight is 629 g/mol. The lowest BCUT2D eigenvalue weighted by atomic mass is 9.86. The Balaban J connectivity index is 1.10. The van der Waals surface area contributed by atoms with Crippen LogP contribution in [0.1, 0.15) is 40.4 Å². The van der Waals surface area contributed by atoms with E-state index in [2.05, 4.69) is 9.97 Å². The lowest BCUT2D eigenvalue weighted by Gasteiger charge is -2.34. The molecule has 1 saturated heterocycles. The summed E-state index contributed by atoms with van der Waals surface area (Å²) in [5, 5.41) is 20.4. The summed E-state index contributed by atoms with van der Waals surface area (Å²) in [6, 6.07) is 6.67. The fraction of sp³-hybridized carbons (Fsp3) is 0.300. The number of nitrogens with two attached hydrogens (primary N) is 1. The first-order valence-corrected chi connectivity index (χ1v) is 14.5. The highest BCUT2D eigenvalue weighted by molar-refractivity contribution is 5.97. The fourth-order valence-electron chi connectivity index (χ4n) is 6.06. The van der Waals surface area contributed by atoms with E-state index in [0.29, 0.717) is 60.0 Å². The van der Waals surface area contributed by atoms with E-state index in [1.165, 1.54) is 27.3 Å². The van der Waals surface area contributed by atoms with Crippen LogP contribution in [-0.2, 0) is 28.3 Å². The van der Waals surface area contributed by atoms with Crippen molar-refractivity contribution in [2.45, 2.75) is 32.1 Å². The Morgan fingerprint density at radius 1 is 1.13 bits per heavy atom. The van der Waals surface area contributed by atoms with Gasteiger partial charge in [-0.1, -0.05) is 6.92 Å². The minimum Gasteiger partial charge on any atom is -0.458 e. The maximum atomic E-state index is 13.4. The van der Waals surface area contributed by atoms with Crippen LogP contribution in [0.4, 0.5) is 16.4 Å². The van der Waals surface area contributed by atoms with Crippen molar-refractivity contribution >= 4 is 40.5 Å². The number of piperazine rings is 1. The Kier molecular flexibility index (Phi) is 6.82. The number of ether oxygens (including phenoxy) is 2. The Labute approximate surface area is 260 Å². The van der Waals surface area contributed by atoms with E-state index in [9.17, 15) is 24.3 Å². The SMILES string of the molecule is CC[C@@]1(O)C(=O)OCc2c1cc1n(c2=O)Cc2cc3c(N)c(OC(=O)N4CCN(c5ncc(C(=O)NO)cn5)CC4)ccc3nc2-1. The number of carbonyl (C=O) groups is 3. The molecular formula is C30H28N8O8. The highest BCUT2D eigenvalue weighted by atomic mass is 16.6. The van der Waals surface area contributed by atoms with Gasteiger partial charge in [0.05, 0.1) is 40.3 Å². The third-order valence-electron chi connectivity index (χ3n) is 8.71. The molecule has 0 unspecified atom stereocenters. The molecule has 0 bridgehead atoms. The minimum atomic E-state index is -1.92. The predicted octanol–water partition coefficient (Wildman–Crippen LogP) is 0.892. The number of nitrogens with zero attached hydrogens (tertiary/aromatic N) is 6. The van der Waals surface area contributed by atoms with Gasteiger partial charge in [0.25, 0.3) is 11.5 Å². The molecule has 2 amide bonds. The van der Waals surface area contributed by atoms with E-state index in [4.69, 9.17) is 25.4 Å². The number of carbonyl (C=O) groups excluding carboxylic acids is 3. The van der Waals surface area contributed by atoms with Gasteiger partial charge >= 0.3 is 12.1 Å². The molecule has 0 spiro atoms. The van der Waals surface area contributed by atoms with E-state index < -0.39 is 23.6 Å². The van der Waals surface area contributed by atoms with Crippen molar-refractivity contribution in [3.63, 3.8) is 0 Å². The molecule has 3 aliphatic rings. The van der Waals surface area contributed by atoms with Crippen molar-refractivity contribution in [1.82, 2.24) is 29.9 Å². The molecule has 46 heavy (non-hydrogen) atoms. The first-order valence-electron chi connectivity index (χ1n) is 14.5. The van der Waals surface area contributed by atoms with Crippen LogP contribution in [0.15, 0.2) is 41.5 Å². The molecule has 3 aliphatic heterocycles. The number of hydrogen-bond acceptors (Lipinski definition) is 13. The number of benzene rings is 1. The van der Waals surface area contributed by atoms with Crippen molar-refractivity contribution in [3.05, 3.63) is 69.3 Å². The molecule has 236 valence electrons. The number of nitrogens with one attached hydrogen (secondary N) is 1. The van der Waals surface area contributed by atoms with Crippen LogP contribution in [0.3, 0.4) is 0 Å². The van der Waals surface area contributed by atoms with Gasteiger partial charge in [0, 0.05) is 55.1 Å². The number of aromatic nitrogens is 4. The van der Waals surface area contributed by atoms with Crippen molar-refractivity contribution < 1.29 is 34.2 Å². The quantitative estimate of drug-likeness (QED) is 0.0943. The van der Waals surface area contributed by atoms with Crippen LogP contribution in [0.2, 0.25) is 0 Å². The Morgan fingerprint density at radius 3 is 2.57 bits per heavy atom. The Bertz CT molecular complexity index is 2010. The van der Waals surface area contributed by atoms with Crippen LogP contribution in [-0.4, -0.2) is 78.9 Å². The number of nitrogen functional groups attached to an aromatic ring is 1. The topological polar surface area (TPSA) is 215 Å². The maximum absolute atomic E-state index is 13.4. The molecule has 0 radical (unpaired) electrons. The second-order valence-electron chi connectivity index (χ2n) is 11.2. The highest BCUT2D eigenvalue weighted by Gasteiger charge is 2.45. The van der Waals surface area contributed by atoms with Gasteiger partial charge in [-0.2, -0.15) is 0 Å². The van der Waals surface area contributed by atoms with Gasteiger partial charge in [-0.3, -0.25) is 14.8 Å². The highest BCUT2D eigenvalue weighted by Crippen LogP contribution is 2.40. The summed E-state index contributed by atoms with van der Waals surface area (Å²) in [5.41, 5.74) is 8.73. The molecule has 5 N–H and O–H groups in total. The standard InChI is InChI=1S/C30H28N8O8/c1-2-30(43)19-10-21-24-15(13-38(21)26(40)18(19)14-45-27(30)41)9-17-20(34-24)3-4-22(23(17)31)46-29(42)37-7-5-36(6-8-37)28-32-11-16(12-33-28)25(39)35-44/h3-4,9-12,43-44H,2,5-8,13-14,31H2,1H3,(H,35,39)/t30-/m0/s1. The number of anilines is 2. The molecule has 0 aliphatic carbocycles. The number of amides is 2. The summed E-state index contributed by atoms with van der Waals surface area (Å²) in [6.07, 6.45) is 2.06. The number of pyridine rings is 2. The normalized spacial score (nSPS) is 18.5. The zero-order valence-electron chi connectivity index (χ0n) is 24.5. The maximum Gasteiger partial charge on any atom is 0.415 e. The number of cyclic esters (lactones) is 1. The zero-order valence-corrected chi connectivity index (χ0v) is 24.5. The van der Waals surface area contributed by atoms with Crippen LogP contribution < -0.4 is 26.4 Å². The molecule has 1 atom stereocenters. The lowest BCUT2D eigenvalue weighted by Crippen LogP contribution is -2.50. The van der Waals surface area contributed by atoms with E-state index in [1.807, 2.05) is 4.90 Å². The second kappa shape index (κ2) is 10.8. The van der Waals surface area contributed by atoms with E-state index >= 15 is 0 Å². The van der Waals surface area contributed by atoms with Gasteiger partial charge in [0.2, 0.25) is 5.95 Å². The van der Waals surface area contributed by atoms with Crippen molar-refractivity contribution in [3.8, 4) is 17.1 Å². The van der Waals surface area contributed by atoms with Crippen LogP contribution in [0.5, 0.6) is 5.75 Å². The molecule has 3 aromatic heterocycles. The van der Waals surface area contributed by atoms with Crippen LogP contribution in [0, 0.1) is 0 Å². The number of rotatable bonds is 4. The second-order valence-corrected chi connectivity index (χ2v) is 11.2. The first kappa shape index (κ1) is 29.1. The average Bonchev–Trinajstić information content (AvgIpc) is 3.45. The number of hydrogen-bond donors (Lipinski definition) is 4. The first-order chi connectivity index (χ1) is 22.1. The summed E-state index contributed by atoms with van der Waals surface area (Å²) in [6.45, 7) is 3.12. The summed E-state index contributed by atoms with van der Waals surface area (Å²) in [7, 11) is 0. The molecule has 7 rings (SSSR count). The largest absolute Gasteiger partial charge is 0.458 e. The van der Waals surface area contributed by atoms with E-state index in [0.717, 1.165) is 0 Å². The lowest BCUT2D eigenvalue weighted by molar-refractivity contribution is -0.172. The van der Waals surface area contributed by atoms with Gasteiger partial charge < -0.3 is 34.7 Å². The molecule has 0 saturated carbocycles. The van der Waals surface area contributed by atoms with E-state index in [1.54, 1.807) is 31.2 Å². The van der Waals surface area contributed by atoms with Crippen molar-refractivity contribution in [2.75, 3.05) is 36.8 Å². The van der Waals surface area contributed by atoms with Crippen molar-refractivity contribution in [2.24, 2.45) is 0 Å². The van der Waals surface area contributed by atoms with Crippen LogP contribution >= 0.6 is 0 Å². The van der Waals surface area contributed by atoms with Gasteiger partial charge in [0.15, 0.2) is 11.4 Å². The smallest absolute Gasteiger partial charge is 0.415 e. The third-order valence-corrected chi connectivity index (χ3v) is 8.71. The molecular weight excluding hydrogens is 600 g/mol. The summed E-state index contributed by atoms with van der Waals surface area (Å²) < 4.78 is 12.4. The zero-order chi connectivity index (χ0) is 32.3. The molecule has 1 fully saturated rings. The minimum absolute atomic E-state index is 0.0447. The molecule has 16 nitrogen and oxygen atoms in total.